The van der Waals surface area contributed by atoms with Crippen LogP contribution in [0.4, 0.5) is 0 Å². The van der Waals surface area contributed by atoms with E-state index in [1.807, 2.05) is 0 Å². The molecule has 0 radical (unpaired) electrons. The summed E-state index contributed by atoms with van der Waals surface area (Å²) < 4.78 is 30.9. The minimum absolute atomic E-state index is 0.345. The first-order valence-electron chi connectivity index (χ1n) is 5.58. The molecule has 0 aliphatic rings. The molecule has 0 aromatic carbocycles. The van der Waals surface area contributed by atoms with Crippen molar-refractivity contribution in [2.75, 3.05) is 41.7 Å². The summed E-state index contributed by atoms with van der Waals surface area (Å²) in [4.78, 5) is 0. The standard InChI is InChI=1S/C12H24O6/c1-11(13-3,14-4)17-9-7-8-10-18-12(2,15-5)16-6/h7-8H,9-10H2,1-6H3/b8-7-. The van der Waals surface area contributed by atoms with E-state index in [9.17, 15) is 0 Å². The molecule has 0 saturated heterocycles. The van der Waals surface area contributed by atoms with Crippen molar-refractivity contribution in [2.24, 2.45) is 0 Å². The van der Waals surface area contributed by atoms with Crippen LogP contribution in [0.5, 0.6) is 0 Å². The van der Waals surface area contributed by atoms with Gasteiger partial charge in [0.25, 0.3) is 11.9 Å². The molecule has 6 nitrogen and oxygen atoms in total. The predicted octanol–water partition coefficient (Wildman–Crippen LogP) is 1.51. The van der Waals surface area contributed by atoms with Gasteiger partial charge < -0.3 is 28.4 Å². The monoisotopic (exact) mass is 264 g/mol. The van der Waals surface area contributed by atoms with Crippen molar-refractivity contribution in [1.82, 2.24) is 0 Å². The molecule has 0 N–H and O–H groups in total. The third-order valence-corrected chi connectivity index (χ3v) is 2.53. The second-order valence-corrected chi connectivity index (χ2v) is 3.63. The maximum absolute atomic E-state index is 5.36. The van der Waals surface area contributed by atoms with Crippen molar-refractivity contribution in [3.8, 4) is 0 Å². The van der Waals surface area contributed by atoms with Crippen LogP contribution >= 0.6 is 0 Å². The SMILES string of the molecule is COC(C)(OC)OC/C=C\COC(C)(OC)OC. The molecule has 0 saturated carbocycles. The number of methoxy groups -OCH3 is 4. The van der Waals surface area contributed by atoms with Crippen LogP contribution in [0.1, 0.15) is 13.8 Å². The molecule has 0 rings (SSSR count). The molecule has 0 aliphatic carbocycles. The van der Waals surface area contributed by atoms with Crippen molar-refractivity contribution in [3.63, 3.8) is 0 Å². The first kappa shape index (κ1) is 17.5. The van der Waals surface area contributed by atoms with E-state index < -0.39 is 11.9 Å². The largest absolute Gasteiger partial charge is 0.331 e. The van der Waals surface area contributed by atoms with Crippen LogP contribution in [-0.2, 0) is 28.4 Å². The van der Waals surface area contributed by atoms with Gasteiger partial charge in [0.15, 0.2) is 0 Å². The number of rotatable bonds is 10. The summed E-state index contributed by atoms with van der Waals surface area (Å²) >= 11 is 0. The molecule has 0 heterocycles. The van der Waals surface area contributed by atoms with Crippen molar-refractivity contribution < 1.29 is 28.4 Å². The molecular weight excluding hydrogens is 240 g/mol. The van der Waals surface area contributed by atoms with Gasteiger partial charge >= 0.3 is 0 Å². The van der Waals surface area contributed by atoms with Crippen LogP contribution in [-0.4, -0.2) is 53.6 Å². The maximum Gasteiger partial charge on any atom is 0.279 e. The van der Waals surface area contributed by atoms with Crippen LogP contribution in [0.15, 0.2) is 12.2 Å². The van der Waals surface area contributed by atoms with Gasteiger partial charge in [-0.05, 0) is 0 Å². The second-order valence-electron chi connectivity index (χ2n) is 3.63. The Morgan fingerprint density at radius 1 is 0.667 bits per heavy atom. The molecule has 0 bridgehead atoms. The number of hydrogen-bond donors (Lipinski definition) is 0. The molecule has 0 spiro atoms. The van der Waals surface area contributed by atoms with E-state index in [2.05, 4.69) is 0 Å². The van der Waals surface area contributed by atoms with Gasteiger partial charge in [0.1, 0.15) is 0 Å². The topological polar surface area (TPSA) is 55.4 Å². The predicted molar refractivity (Wildman–Crippen MR) is 65.9 cm³/mol. The fourth-order valence-electron chi connectivity index (χ4n) is 0.937. The lowest BCUT2D eigenvalue weighted by Crippen LogP contribution is -2.33. The van der Waals surface area contributed by atoms with E-state index in [-0.39, 0.29) is 0 Å². The lowest BCUT2D eigenvalue weighted by atomic mass is 10.5. The van der Waals surface area contributed by atoms with E-state index in [1.165, 1.54) is 28.4 Å². The fraction of sp³-hybridized carbons (Fsp3) is 0.833. The van der Waals surface area contributed by atoms with Crippen molar-refractivity contribution >= 4 is 0 Å². The highest BCUT2D eigenvalue weighted by atomic mass is 16.9. The summed E-state index contributed by atoms with van der Waals surface area (Å²) in [5.41, 5.74) is 0. The van der Waals surface area contributed by atoms with Gasteiger partial charge in [0.05, 0.1) is 13.2 Å². The number of hydrogen-bond acceptors (Lipinski definition) is 6. The fourth-order valence-corrected chi connectivity index (χ4v) is 0.937. The highest BCUT2D eigenvalue weighted by Crippen LogP contribution is 2.12. The highest BCUT2D eigenvalue weighted by molar-refractivity contribution is 4.81. The Kier molecular flexibility index (Phi) is 8.34. The highest BCUT2D eigenvalue weighted by Gasteiger charge is 2.23. The molecule has 0 aromatic rings. The normalized spacial score (nSPS) is 13.4. The summed E-state index contributed by atoms with van der Waals surface area (Å²) in [6.07, 6.45) is 3.59. The summed E-state index contributed by atoms with van der Waals surface area (Å²) in [5.74, 6) is -2.06. The summed E-state index contributed by atoms with van der Waals surface area (Å²) in [6, 6.07) is 0. The lowest BCUT2D eigenvalue weighted by Gasteiger charge is -2.25. The Bertz CT molecular complexity index is 209. The smallest absolute Gasteiger partial charge is 0.279 e. The van der Waals surface area contributed by atoms with Crippen LogP contribution in [0, 0.1) is 0 Å². The molecule has 0 amide bonds. The molecule has 0 unspecified atom stereocenters. The van der Waals surface area contributed by atoms with E-state index in [4.69, 9.17) is 28.4 Å². The van der Waals surface area contributed by atoms with Crippen molar-refractivity contribution in [2.45, 2.75) is 25.8 Å². The Morgan fingerprint density at radius 2 is 0.944 bits per heavy atom. The molecule has 18 heavy (non-hydrogen) atoms. The van der Waals surface area contributed by atoms with Gasteiger partial charge in [0.2, 0.25) is 0 Å². The second kappa shape index (κ2) is 8.58. The zero-order valence-corrected chi connectivity index (χ0v) is 12.0. The Morgan fingerprint density at radius 3 is 1.17 bits per heavy atom. The van der Waals surface area contributed by atoms with E-state index in [0.29, 0.717) is 13.2 Å². The van der Waals surface area contributed by atoms with Gasteiger partial charge in [-0.1, -0.05) is 12.2 Å². The van der Waals surface area contributed by atoms with Gasteiger partial charge in [-0.15, -0.1) is 0 Å². The summed E-state index contributed by atoms with van der Waals surface area (Å²) in [5, 5.41) is 0. The molecule has 6 heteroatoms. The Labute approximate surface area is 109 Å². The van der Waals surface area contributed by atoms with Gasteiger partial charge in [0, 0.05) is 42.3 Å². The maximum atomic E-state index is 5.36. The van der Waals surface area contributed by atoms with Crippen molar-refractivity contribution in [3.05, 3.63) is 12.2 Å². The molecule has 108 valence electrons. The van der Waals surface area contributed by atoms with E-state index in [0.717, 1.165) is 0 Å². The van der Waals surface area contributed by atoms with Gasteiger partial charge in [-0.3, -0.25) is 0 Å². The minimum atomic E-state index is -1.03. The van der Waals surface area contributed by atoms with Crippen LogP contribution in [0.3, 0.4) is 0 Å². The summed E-state index contributed by atoms with van der Waals surface area (Å²) in [7, 11) is 6.05. The molecule has 0 aromatic heterocycles. The van der Waals surface area contributed by atoms with Gasteiger partial charge in [-0.25, -0.2) is 0 Å². The zero-order chi connectivity index (χ0) is 14.1. The van der Waals surface area contributed by atoms with Crippen LogP contribution in [0.25, 0.3) is 0 Å². The average Bonchev–Trinajstić information content (AvgIpc) is 2.42. The lowest BCUT2D eigenvalue weighted by molar-refractivity contribution is -0.348. The van der Waals surface area contributed by atoms with Crippen molar-refractivity contribution in [1.29, 1.82) is 0 Å². The first-order chi connectivity index (χ1) is 8.45. The van der Waals surface area contributed by atoms with Crippen LogP contribution in [0.2, 0.25) is 0 Å². The number of ether oxygens (including phenoxy) is 6. The Balaban J connectivity index is 3.86. The van der Waals surface area contributed by atoms with Gasteiger partial charge in [-0.2, -0.15) is 0 Å². The Hall–Kier alpha value is -0.500. The quantitative estimate of drug-likeness (QED) is 0.440. The molecule has 0 aliphatic heterocycles. The zero-order valence-electron chi connectivity index (χ0n) is 12.0. The average molecular weight is 264 g/mol. The third kappa shape index (κ3) is 6.44. The first-order valence-corrected chi connectivity index (χ1v) is 5.58. The van der Waals surface area contributed by atoms with E-state index >= 15 is 0 Å². The third-order valence-electron chi connectivity index (χ3n) is 2.53. The summed E-state index contributed by atoms with van der Waals surface area (Å²) in [6.45, 7) is 4.06. The minimum Gasteiger partial charge on any atom is -0.331 e. The van der Waals surface area contributed by atoms with E-state index in [1.54, 1.807) is 26.0 Å². The molecular formula is C12H24O6. The van der Waals surface area contributed by atoms with Crippen LogP contribution < -0.4 is 0 Å². The molecule has 0 fully saturated rings. The molecule has 0 atom stereocenters.